The molecule has 0 radical (unpaired) electrons. The Kier molecular flexibility index (Phi) is 3.88. The van der Waals surface area contributed by atoms with Gasteiger partial charge in [0.25, 0.3) is 0 Å². The topological polar surface area (TPSA) is 69.2 Å². The number of rotatable bonds is 3. The van der Waals surface area contributed by atoms with Gasteiger partial charge in [0, 0.05) is 5.69 Å². The van der Waals surface area contributed by atoms with Gasteiger partial charge in [-0.15, -0.1) is 0 Å². The van der Waals surface area contributed by atoms with E-state index in [1.807, 2.05) is 0 Å². The van der Waals surface area contributed by atoms with Crippen molar-refractivity contribution in [2.75, 3.05) is 4.90 Å². The molecule has 0 aliphatic heterocycles. The van der Waals surface area contributed by atoms with Gasteiger partial charge in [-0.05, 0) is 19.1 Å². The van der Waals surface area contributed by atoms with Crippen molar-refractivity contribution < 1.29 is 23.1 Å². The first-order valence-corrected chi connectivity index (χ1v) is 6.00. The number of alkyl halides is 3. The van der Waals surface area contributed by atoms with E-state index in [-0.39, 0.29) is 5.82 Å². The lowest BCUT2D eigenvalue weighted by molar-refractivity contribution is -0.140. The minimum atomic E-state index is -4.55. The first-order valence-electron chi connectivity index (χ1n) is 6.00. The van der Waals surface area contributed by atoms with Gasteiger partial charge in [0.2, 0.25) is 0 Å². The Morgan fingerprint density at radius 1 is 1.33 bits per heavy atom. The van der Waals surface area contributed by atoms with Crippen LogP contribution < -0.4 is 4.90 Å². The van der Waals surface area contributed by atoms with Crippen molar-refractivity contribution >= 4 is 11.8 Å². The van der Waals surface area contributed by atoms with Crippen molar-refractivity contribution in [3.63, 3.8) is 0 Å². The summed E-state index contributed by atoms with van der Waals surface area (Å²) >= 11 is 0. The van der Waals surface area contributed by atoms with Crippen LogP contribution in [-0.2, 0) is 6.18 Å². The summed E-state index contributed by atoms with van der Waals surface area (Å²) in [5.41, 5.74) is -0.662. The van der Waals surface area contributed by atoms with Gasteiger partial charge in [0.05, 0.1) is 12.2 Å². The second-order valence-electron chi connectivity index (χ2n) is 4.34. The van der Waals surface area contributed by atoms with Crippen LogP contribution in [0.5, 0.6) is 0 Å². The molecule has 0 aliphatic rings. The molecule has 1 aromatic carbocycles. The summed E-state index contributed by atoms with van der Waals surface area (Å²) in [5.74, 6) is -0.0754. The molecule has 21 heavy (non-hydrogen) atoms. The Bertz CT molecular complexity index is 625. The SMILES string of the molecule is CC(c1ncc(C(F)(F)F)[nH]1)N(C(=O)O)c1ccccc1. The van der Waals surface area contributed by atoms with E-state index in [9.17, 15) is 23.1 Å². The number of carboxylic acid groups (broad SMARTS) is 1. The Hall–Kier alpha value is -2.51. The van der Waals surface area contributed by atoms with Crippen molar-refractivity contribution in [1.29, 1.82) is 0 Å². The zero-order valence-corrected chi connectivity index (χ0v) is 10.9. The fraction of sp³-hybridized carbons (Fsp3) is 0.231. The minimum absolute atomic E-state index is 0.0754. The second kappa shape index (κ2) is 5.47. The van der Waals surface area contributed by atoms with Crippen molar-refractivity contribution in [2.45, 2.75) is 19.1 Å². The fourth-order valence-electron chi connectivity index (χ4n) is 1.90. The molecule has 1 heterocycles. The number of H-pyrrole nitrogens is 1. The molecule has 0 saturated heterocycles. The summed E-state index contributed by atoms with van der Waals surface area (Å²) in [6.07, 6.45) is -5.18. The third-order valence-electron chi connectivity index (χ3n) is 2.92. The Morgan fingerprint density at radius 3 is 2.43 bits per heavy atom. The average molecular weight is 299 g/mol. The molecule has 5 nitrogen and oxygen atoms in total. The summed E-state index contributed by atoms with van der Waals surface area (Å²) in [4.78, 5) is 18.1. The van der Waals surface area contributed by atoms with Crippen LogP contribution in [0.3, 0.4) is 0 Å². The van der Waals surface area contributed by atoms with Gasteiger partial charge >= 0.3 is 12.3 Å². The Morgan fingerprint density at radius 2 is 1.95 bits per heavy atom. The van der Waals surface area contributed by atoms with E-state index >= 15 is 0 Å². The molecule has 2 N–H and O–H groups in total. The molecule has 0 fully saturated rings. The van der Waals surface area contributed by atoms with Crippen LogP contribution in [-0.4, -0.2) is 21.2 Å². The molecular weight excluding hydrogens is 287 g/mol. The van der Waals surface area contributed by atoms with Gasteiger partial charge < -0.3 is 10.1 Å². The number of aromatic nitrogens is 2. The second-order valence-corrected chi connectivity index (χ2v) is 4.34. The minimum Gasteiger partial charge on any atom is -0.465 e. The molecule has 1 aromatic heterocycles. The van der Waals surface area contributed by atoms with E-state index in [1.54, 1.807) is 30.3 Å². The summed E-state index contributed by atoms with van der Waals surface area (Å²) in [5, 5.41) is 9.29. The first kappa shape index (κ1) is 14.9. The zero-order valence-electron chi connectivity index (χ0n) is 10.9. The first-order chi connectivity index (χ1) is 9.80. The number of nitrogens with one attached hydrogen (secondary N) is 1. The molecule has 0 aliphatic carbocycles. The van der Waals surface area contributed by atoms with Crippen LogP contribution in [0.25, 0.3) is 0 Å². The number of nitrogens with zero attached hydrogens (tertiary/aromatic N) is 2. The van der Waals surface area contributed by atoms with Gasteiger partial charge in [0.15, 0.2) is 0 Å². The Labute approximate surface area is 118 Å². The van der Waals surface area contributed by atoms with Crippen molar-refractivity contribution in [3.05, 3.63) is 48.0 Å². The number of hydrogen-bond acceptors (Lipinski definition) is 2. The number of amides is 1. The van der Waals surface area contributed by atoms with Gasteiger partial charge in [-0.3, -0.25) is 4.90 Å². The quantitative estimate of drug-likeness (QED) is 0.908. The standard InChI is InChI=1S/C13H12F3N3O2/c1-8(11-17-7-10(18-11)13(14,15)16)19(12(20)21)9-5-3-2-4-6-9/h2-8H,1H3,(H,17,18)(H,20,21). The van der Waals surface area contributed by atoms with Crippen molar-refractivity contribution in [1.82, 2.24) is 9.97 Å². The smallest absolute Gasteiger partial charge is 0.432 e. The maximum Gasteiger partial charge on any atom is 0.432 e. The summed E-state index contributed by atoms with van der Waals surface area (Å²) < 4.78 is 37.6. The van der Waals surface area contributed by atoms with Crippen LogP contribution in [0.2, 0.25) is 0 Å². The third kappa shape index (κ3) is 3.15. The molecule has 112 valence electrons. The van der Waals surface area contributed by atoms with Crippen LogP contribution in [0.4, 0.5) is 23.7 Å². The highest BCUT2D eigenvalue weighted by Crippen LogP contribution is 2.30. The molecule has 1 amide bonds. The summed E-state index contributed by atoms with van der Waals surface area (Å²) in [6, 6.07) is 7.21. The largest absolute Gasteiger partial charge is 0.465 e. The summed E-state index contributed by atoms with van der Waals surface area (Å²) in [7, 11) is 0. The number of halogens is 3. The number of imidazole rings is 1. The van der Waals surface area contributed by atoms with Crippen LogP contribution in [0.1, 0.15) is 24.5 Å². The van der Waals surface area contributed by atoms with Gasteiger partial charge in [-0.2, -0.15) is 13.2 Å². The Balaban J connectivity index is 2.34. The predicted octanol–water partition coefficient (Wildman–Crippen LogP) is 3.67. The molecular formula is C13H12F3N3O2. The highest BCUT2D eigenvalue weighted by atomic mass is 19.4. The van der Waals surface area contributed by atoms with Gasteiger partial charge in [-0.25, -0.2) is 9.78 Å². The number of benzene rings is 1. The zero-order chi connectivity index (χ0) is 15.6. The lowest BCUT2D eigenvalue weighted by Crippen LogP contribution is -2.32. The number of carbonyl (C=O) groups is 1. The molecule has 2 rings (SSSR count). The van der Waals surface area contributed by atoms with Crippen LogP contribution in [0.15, 0.2) is 36.5 Å². The lowest BCUT2D eigenvalue weighted by Gasteiger charge is -2.25. The molecule has 2 aromatic rings. The van der Waals surface area contributed by atoms with E-state index in [2.05, 4.69) is 9.97 Å². The van der Waals surface area contributed by atoms with E-state index in [0.29, 0.717) is 11.9 Å². The van der Waals surface area contributed by atoms with E-state index in [4.69, 9.17) is 0 Å². The normalized spacial score (nSPS) is 13.0. The van der Waals surface area contributed by atoms with Gasteiger partial charge in [0.1, 0.15) is 11.5 Å². The van der Waals surface area contributed by atoms with E-state index in [1.165, 1.54) is 6.92 Å². The van der Waals surface area contributed by atoms with E-state index < -0.39 is 24.0 Å². The molecule has 1 atom stereocenters. The maximum atomic E-state index is 12.5. The molecule has 0 saturated carbocycles. The number of aromatic amines is 1. The number of hydrogen-bond donors (Lipinski definition) is 2. The highest BCUT2D eigenvalue weighted by Gasteiger charge is 2.34. The average Bonchev–Trinajstić information content (AvgIpc) is 2.89. The van der Waals surface area contributed by atoms with Crippen LogP contribution in [0, 0.1) is 0 Å². The van der Waals surface area contributed by atoms with E-state index in [0.717, 1.165) is 4.90 Å². The van der Waals surface area contributed by atoms with Crippen LogP contribution >= 0.6 is 0 Å². The van der Waals surface area contributed by atoms with Crippen molar-refractivity contribution in [2.24, 2.45) is 0 Å². The highest BCUT2D eigenvalue weighted by molar-refractivity contribution is 5.86. The monoisotopic (exact) mass is 299 g/mol. The maximum absolute atomic E-state index is 12.5. The fourth-order valence-corrected chi connectivity index (χ4v) is 1.90. The number of para-hydroxylation sites is 1. The number of anilines is 1. The molecule has 1 unspecified atom stereocenters. The lowest BCUT2D eigenvalue weighted by atomic mass is 10.2. The van der Waals surface area contributed by atoms with Gasteiger partial charge in [-0.1, -0.05) is 18.2 Å². The molecule has 0 spiro atoms. The molecule has 8 heteroatoms. The van der Waals surface area contributed by atoms with Crippen molar-refractivity contribution in [3.8, 4) is 0 Å². The summed E-state index contributed by atoms with van der Waals surface area (Å²) in [6.45, 7) is 1.46. The predicted molar refractivity (Wildman–Crippen MR) is 69.0 cm³/mol. The third-order valence-corrected chi connectivity index (χ3v) is 2.92. The molecule has 0 bridgehead atoms.